The molecular weight excluding hydrogens is 567 g/mol. The minimum absolute atomic E-state index is 1.19. The summed E-state index contributed by atoms with van der Waals surface area (Å²) < 4.78 is 2.42. The Bertz CT molecular complexity index is 2850. The van der Waals surface area contributed by atoms with Gasteiger partial charge in [-0.3, -0.25) is 0 Å². The molecule has 1 heteroatoms. The van der Waals surface area contributed by atoms with Crippen LogP contribution in [0.5, 0.6) is 0 Å². The van der Waals surface area contributed by atoms with Gasteiger partial charge < -0.3 is 4.57 Å². The van der Waals surface area contributed by atoms with Gasteiger partial charge in [-0.05, 0) is 114 Å². The monoisotopic (exact) mass is 595 g/mol. The summed E-state index contributed by atoms with van der Waals surface area (Å²) in [6.07, 6.45) is 0. The van der Waals surface area contributed by atoms with Gasteiger partial charge in [0.1, 0.15) is 0 Å². The largest absolute Gasteiger partial charge is 0.309 e. The highest BCUT2D eigenvalue weighted by Crippen LogP contribution is 2.39. The standard InChI is InChI=1S/C46H29N/c1-3-9-33-25-35(16-13-30(33)7-1)36-17-14-32-15-18-37(28-40(32)27-36)38-20-23-42-39(26-38)21-24-45-46(42)43-11-5-6-12-44(43)47(45)41-22-19-31-8-2-4-10-34(31)29-41/h1-29H. The van der Waals surface area contributed by atoms with Gasteiger partial charge in [0, 0.05) is 16.5 Å². The van der Waals surface area contributed by atoms with Crippen molar-refractivity contribution in [2.24, 2.45) is 0 Å². The molecule has 1 heterocycles. The van der Waals surface area contributed by atoms with E-state index in [4.69, 9.17) is 0 Å². The lowest BCUT2D eigenvalue weighted by atomic mass is 9.95. The molecule has 10 aromatic rings. The number of aromatic nitrogens is 1. The molecule has 47 heavy (non-hydrogen) atoms. The van der Waals surface area contributed by atoms with Crippen LogP contribution in [-0.4, -0.2) is 4.57 Å². The van der Waals surface area contributed by atoms with Gasteiger partial charge in [-0.15, -0.1) is 0 Å². The molecule has 0 saturated heterocycles. The first-order chi connectivity index (χ1) is 23.3. The van der Waals surface area contributed by atoms with Crippen LogP contribution in [0.4, 0.5) is 0 Å². The predicted molar refractivity (Wildman–Crippen MR) is 202 cm³/mol. The van der Waals surface area contributed by atoms with E-state index < -0.39 is 0 Å². The van der Waals surface area contributed by atoms with Crippen molar-refractivity contribution in [3.05, 3.63) is 176 Å². The quantitative estimate of drug-likeness (QED) is 0.191. The topological polar surface area (TPSA) is 4.93 Å². The van der Waals surface area contributed by atoms with Crippen LogP contribution < -0.4 is 0 Å². The zero-order valence-corrected chi connectivity index (χ0v) is 25.7. The van der Waals surface area contributed by atoms with Crippen LogP contribution in [0, 0.1) is 0 Å². The van der Waals surface area contributed by atoms with Gasteiger partial charge in [-0.1, -0.05) is 127 Å². The van der Waals surface area contributed by atoms with Crippen LogP contribution in [0.2, 0.25) is 0 Å². The normalized spacial score (nSPS) is 11.8. The third-order valence-corrected chi connectivity index (χ3v) is 9.90. The summed E-state index contributed by atoms with van der Waals surface area (Å²) in [6.45, 7) is 0. The van der Waals surface area contributed by atoms with Crippen molar-refractivity contribution in [2.45, 2.75) is 0 Å². The van der Waals surface area contributed by atoms with Crippen LogP contribution in [0.1, 0.15) is 0 Å². The summed E-state index contributed by atoms with van der Waals surface area (Å²) in [5, 5.41) is 12.7. The molecule has 9 aromatic carbocycles. The highest BCUT2D eigenvalue weighted by molar-refractivity contribution is 6.21. The van der Waals surface area contributed by atoms with Crippen LogP contribution >= 0.6 is 0 Å². The Balaban J connectivity index is 1.10. The Morgan fingerprint density at radius 1 is 0.277 bits per heavy atom. The molecular formula is C46H29N. The minimum Gasteiger partial charge on any atom is -0.309 e. The third kappa shape index (κ3) is 4.17. The molecule has 0 radical (unpaired) electrons. The van der Waals surface area contributed by atoms with E-state index in [0.717, 1.165) is 0 Å². The molecule has 10 rings (SSSR count). The highest BCUT2D eigenvalue weighted by atomic mass is 15.0. The number of para-hydroxylation sites is 1. The van der Waals surface area contributed by atoms with Crippen LogP contribution in [0.25, 0.3) is 92.8 Å². The first kappa shape index (κ1) is 26.1. The van der Waals surface area contributed by atoms with E-state index in [2.05, 4.69) is 180 Å². The summed E-state index contributed by atoms with van der Waals surface area (Å²) in [6, 6.07) is 64.7. The van der Waals surface area contributed by atoms with Gasteiger partial charge in [0.25, 0.3) is 0 Å². The maximum Gasteiger partial charge on any atom is 0.0547 e. The van der Waals surface area contributed by atoms with Crippen molar-refractivity contribution < 1.29 is 0 Å². The molecule has 0 saturated carbocycles. The van der Waals surface area contributed by atoms with Crippen LogP contribution in [-0.2, 0) is 0 Å². The average Bonchev–Trinajstić information content (AvgIpc) is 3.48. The second-order valence-corrected chi connectivity index (χ2v) is 12.6. The van der Waals surface area contributed by atoms with Crippen molar-refractivity contribution in [3.63, 3.8) is 0 Å². The Hall–Kier alpha value is -6.18. The first-order valence-corrected chi connectivity index (χ1v) is 16.3. The number of nitrogens with zero attached hydrogens (tertiary/aromatic N) is 1. The van der Waals surface area contributed by atoms with E-state index in [-0.39, 0.29) is 0 Å². The Labute approximate surface area is 272 Å². The highest BCUT2D eigenvalue weighted by Gasteiger charge is 2.15. The zero-order chi connectivity index (χ0) is 30.9. The van der Waals surface area contributed by atoms with Gasteiger partial charge in [0.05, 0.1) is 11.0 Å². The number of rotatable bonds is 3. The van der Waals surface area contributed by atoms with Gasteiger partial charge in [0.2, 0.25) is 0 Å². The molecule has 0 atom stereocenters. The van der Waals surface area contributed by atoms with Gasteiger partial charge >= 0.3 is 0 Å². The van der Waals surface area contributed by atoms with Gasteiger partial charge in [-0.25, -0.2) is 0 Å². The van der Waals surface area contributed by atoms with E-state index in [0.29, 0.717) is 0 Å². The van der Waals surface area contributed by atoms with Gasteiger partial charge in [-0.2, -0.15) is 0 Å². The number of fused-ring (bicyclic) bond motifs is 8. The van der Waals surface area contributed by atoms with E-state index in [9.17, 15) is 0 Å². The Morgan fingerprint density at radius 2 is 0.766 bits per heavy atom. The summed E-state index contributed by atoms with van der Waals surface area (Å²) in [4.78, 5) is 0. The molecule has 1 aromatic heterocycles. The SMILES string of the molecule is c1ccc2cc(-c3ccc4ccc(-c5ccc6c(ccc7c6c6ccccc6n7-c6ccc7ccccc7c6)c5)cc4c3)ccc2c1. The number of benzene rings is 9. The van der Waals surface area contributed by atoms with Crippen molar-refractivity contribution in [1.82, 2.24) is 4.57 Å². The summed E-state index contributed by atoms with van der Waals surface area (Å²) >= 11 is 0. The van der Waals surface area contributed by atoms with Crippen molar-refractivity contribution in [3.8, 4) is 27.9 Å². The fourth-order valence-electron chi connectivity index (χ4n) is 7.55. The van der Waals surface area contributed by atoms with E-state index in [1.54, 1.807) is 0 Å². The molecule has 1 nitrogen and oxygen atoms in total. The average molecular weight is 596 g/mol. The molecule has 218 valence electrons. The second-order valence-electron chi connectivity index (χ2n) is 12.6. The first-order valence-electron chi connectivity index (χ1n) is 16.3. The molecule has 0 aliphatic carbocycles. The second kappa shape index (κ2) is 10.2. The zero-order valence-electron chi connectivity index (χ0n) is 25.7. The molecule has 0 aliphatic rings. The molecule has 0 amide bonds. The number of hydrogen-bond acceptors (Lipinski definition) is 0. The maximum atomic E-state index is 2.42. The smallest absolute Gasteiger partial charge is 0.0547 e. The fraction of sp³-hybridized carbons (Fsp3) is 0. The van der Waals surface area contributed by atoms with Gasteiger partial charge in [0.15, 0.2) is 0 Å². The Morgan fingerprint density at radius 3 is 1.47 bits per heavy atom. The fourth-order valence-corrected chi connectivity index (χ4v) is 7.55. The van der Waals surface area contributed by atoms with Crippen LogP contribution in [0.3, 0.4) is 0 Å². The lowest BCUT2D eigenvalue weighted by molar-refractivity contribution is 1.19. The van der Waals surface area contributed by atoms with Crippen molar-refractivity contribution in [2.75, 3.05) is 0 Å². The predicted octanol–water partition coefficient (Wildman–Crippen LogP) is 12.7. The van der Waals surface area contributed by atoms with E-state index >= 15 is 0 Å². The minimum atomic E-state index is 1.19. The molecule has 0 fully saturated rings. The van der Waals surface area contributed by atoms with Crippen molar-refractivity contribution >= 4 is 64.9 Å². The molecule has 0 bridgehead atoms. The molecule has 0 N–H and O–H groups in total. The van der Waals surface area contributed by atoms with E-state index in [1.807, 2.05) is 0 Å². The lowest BCUT2D eigenvalue weighted by Crippen LogP contribution is -1.93. The summed E-state index contributed by atoms with van der Waals surface area (Å²) in [7, 11) is 0. The van der Waals surface area contributed by atoms with Crippen molar-refractivity contribution in [1.29, 1.82) is 0 Å². The molecule has 0 aliphatic heterocycles. The van der Waals surface area contributed by atoms with E-state index in [1.165, 1.54) is 92.8 Å². The summed E-state index contributed by atoms with van der Waals surface area (Å²) in [5.74, 6) is 0. The van der Waals surface area contributed by atoms with Crippen LogP contribution in [0.15, 0.2) is 176 Å². The number of hydrogen-bond donors (Lipinski definition) is 0. The molecule has 0 unspecified atom stereocenters. The maximum absolute atomic E-state index is 2.42. The summed E-state index contributed by atoms with van der Waals surface area (Å²) in [5.41, 5.74) is 8.59. The Kier molecular flexibility index (Phi) is 5.64. The third-order valence-electron chi connectivity index (χ3n) is 9.90. The lowest BCUT2D eigenvalue weighted by Gasteiger charge is -2.11. The molecule has 0 spiro atoms.